The molecule has 2 aromatic rings. The van der Waals surface area contributed by atoms with E-state index in [1.807, 2.05) is 54.3 Å². The predicted octanol–water partition coefficient (Wildman–Crippen LogP) is 3.14. The maximum atomic E-state index is 12.6. The molecule has 5 nitrogen and oxygen atoms in total. The van der Waals surface area contributed by atoms with Gasteiger partial charge in [-0.2, -0.15) is 0 Å². The van der Waals surface area contributed by atoms with Crippen LogP contribution in [0.25, 0.3) is 0 Å². The summed E-state index contributed by atoms with van der Waals surface area (Å²) in [5.74, 6) is 0.962. The van der Waals surface area contributed by atoms with Crippen molar-refractivity contribution >= 4 is 30.7 Å². The molecule has 1 heterocycles. The molecule has 1 unspecified atom stereocenters. The van der Waals surface area contributed by atoms with Crippen LogP contribution >= 0.6 is 24.8 Å². The van der Waals surface area contributed by atoms with E-state index >= 15 is 0 Å². The highest BCUT2D eigenvalue weighted by molar-refractivity contribution is 5.85. The largest absolute Gasteiger partial charge is 0.494 e. The average molecular weight is 440 g/mol. The second-order valence-electron chi connectivity index (χ2n) is 6.97. The van der Waals surface area contributed by atoms with E-state index in [1.165, 1.54) is 5.56 Å². The molecule has 0 aliphatic carbocycles. The Morgan fingerprint density at radius 3 is 2.17 bits per heavy atom. The van der Waals surface area contributed by atoms with Gasteiger partial charge in [-0.15, -0.1) is 24.8 Å². The second-order valence-corrected chi connectivity index (χ2v) is 6.97. The van der Waals surface area contributed by atoms with Crippen molar-refractivity contribution in [1.82, 2.24) is 9.80 Å². The third kappa shape index (κ3) is 7.52. The molecular formula is C22H31Cl2N3O2. The Morgan fingerprint density at radius 2 is 1.59 bits per heavy atom. The normalized spacial score (nSPS) is 15.0. The van der Waals surface area contributed by atoms with Crippen molar-refractivity contribution in [2.75, 3.05) is 32.8 Å². The van der Waals surface area contributed by atoms with Gasteiger partial charge in [-0.1, -0.05) is 42.5 Å². The molecule has 0 spiro atoms. The van der Waals surface area contributed by atoms with Crippen LogP contribution in [0.5, 0.6) is 5.75 Å². The molecule has 0 bridgehead atoms. The van der Waals surface area contributed by atoms with Crippen molar-refractivity contribution in [3.05, 3.63) is 65.7 Å². The molecule has 2 N–H and O–H groups in total. The molecule has 1 aliphatic heterocycles. The molecule has 1 atom stereocenters. The summed E-state index contributed by atoms with van der Waals surface area (Å²) in [5.41, 5.74) is 8.53. The number of hydrogen-bond donors (Lipinski definition) is 1. The van der Waals surface area contributed by atoms with Gasteiger partial charge in [0.2, 0.25) is 5.91 Å². The molecule has 2 aromatic carbocycles. The summed E-state index contributed by atoms with van der Waals surface area (Å²) in [6.07, 6.45) is 0.589. The summed E-state index contributed by atoms with van der Waals surface area (Å²) in [6.45, 7) is 6.78. The number of piperazine rings is 1. The van der Waals surface area contributed by atoms with E-state index in [4.69, 9.17) is 10.5 Å². The topological polar surface area (TPSA) is 58.8 Å². The van der Waals surface area contributed by atoms with Crippen LogP contribution in [-0.4, -0.2) is 54.5 Å². The van der Waals surface area contributed by atoms with E-state index in [0.717, 1.165) is 44.0 Å². The van der Waals surface area contributed by atoms with E-state index in [2.05, 4.69) is 17.0 Å². The van der Waals surface area contributed by atoms with Gasteiger partial charge in [0, 0.05) is 32.7 Å². The zero-order valence-corrected chi connectivity index (χ0v) is 18.5. The highest BCUT2D eigenvalue weighted by atomic mass is 35.5. The van der Waals surface area contributed by atoms with Gasteiger partial charge in [0.05, 0.1) is 12.6 Å². The molecule has 1 aliphatic rings. The summed E-state index contributed by atoms with van der Waals surface area (Å²) in [4.78, 5) is 16.9. The van der Waals surface area contributed by atoms with E-state index in [9.17, 15) is 4.79 Å². The number of benzene rings is 2. The SMILES string of the molecule is CCOc1ccc(CN2CCN(C(=O)C(N)Cc3ccccc3)CC2)cc1.Cl.Cl. The van der Waals surface area contributed by atoms with Gasteiger partial charge < -0.3 is 15.4 Å². The maximum Gasteiger partial charge on any atom is 0.239 e. The standard InChI is InChI=1S/C22H29N3O2.2ClH/c1-2-27-20-10-8-19(9-11-20)17-24-12-14-25(15-13-24)22(26)21(23)16-18-6-4-3-5-7-18;;/h3-11,21H,2,12-17,23H2,1H3;2*1H. The summed E-state index contributed by atoms with van der Waals surface area (Å²) >= 11 is 0. The molecular weight excluding hydrogens is 409 g/mol. The lowest BCUT2D eigenvalue weighted by atomic mass is 10.1. The Bertz CT molecular complexity index is 721. The first-order chi connectivity index (χ1) is 13.2. The van der Waals surface area contributed by atoms with E-state index in [-0.39, 0.29) is 30.7 Å². The molecule has 29 heavy (non-hydrogen) atoms. The number of rotatable bonds is 7. The number of carbonyl (C=O) groups excluding carboxylic acids is 1. The van der Waals surface area contributed by atoms with Gasteiger partial charge in [-0.05, 0) is 36.6 Å². The second kappa shape index (κ2) is 12.7. The molecule has 160 valence electrons. The molecule has 3 rings (SSSR count). The van der Waals surface area contributed by atoms with Gasteiger partial charge >= 0.3 is 0 Å². The molecule has 1 fully saturated rings. The van der Waals surface area contributed by atoms with Crippen LogP contribution in [0, 0.1) is 0 Å². The van der Waals surface area contributed by atoms with Gasteiger partial charge in [-0.25, -0.2) is 0 Å². The lowest BCUT2D eigenvalue weighted by molar-refractivity contribution is -0.134. The number of hydrogen-bond acceptors (Lipinski definition) is 4. The van der Waals surface area contributed by atoms with Crippen molar-refractivity contribution in [2.24, 2.45) is 5.73 Å². The molecule has 1 saturated heterocycles. The van der Waals surface area contributed by atoms with Gasteiger partial charge in [0.25, 0.3) is 0 Å². The first kappa shape index (κ1) is 25.2. The van der Waals surface area contributed by atoms with Crippen molar-refractivity contribution in [3.63, 3.8) is 0 Å². The minimum absolute atomic E-state index is 0. The highest BCUT2D eigenvalue weighted by Gasteiger charge is 2.25. The Labute approximate surface area is 186 Å². The number of amides is 1. The summed E-state index contributed by atoms with van der Waals surface area (Å²) < 4.78 is 5.49. The molecule has 7 heteroatoms. The first-order valence-corrected chi connectivity index (χ1v) is 9.68. The van der Waals surface area contributed by atoms with Crippen molar-refractivity contribution in [1.29, 1.82) is 0 Å². The summed E-state index contributed by atoms with van der Waals surface area (Å²) in [6, 6.07) is 17.7. The average Bonchev–Trinajstić information content (AvgIpc) is 2.70. The minimum Gasteiger partial charge on any atom is -0.494 e. The van der Waals surface area contributed by atoms with Gasteiger partial charge in [-0.3, -0.25) is 9.69 Å². The molecule has 0 saturated carbocycles. The third-order valence-electron chi connectivity index (χ3n) is 4.94. The number of ether oxygens (including phenoxy) is 1. The molecule has 1 amide bonds. The van der Waals surface area contributed by atoms with Gasteiger partial charge in [0.1, 0.15) is 5.75 Å². The smallest absolute Gasteiger partial charge is 0.239 e. The van der Waals surface area contributed by atoms with E-state index in [0.29, 0.717) is 13.0 Å². The zero-order chi connectivity index (χ0) is 19.1. The van der Waals surface area contributed by atoms with E-state index in [1.54, 1.807) is 0 Å². The van der Waals surface area contributed by atoms with E-state index < -0.39 is 6.04 Å². The fourth-order valence-electron chi connectivity index (χ4n) is 3.43. The number of nitrogens with two attached hydrogens (primary N) is 1. The summed E-state index contributed by atoms with van der Waals surface area (Å²) in [5, 5.41) is 0. The van der Waals surface area contributed by atoms with Crippen LogP contribution in [0.3, 0.4) is 0 Å². The fraction of sp³-hybridized carbons (Fsp3) is 0.409. The Kier molecular flexibility index (Phi) is 11.1. The van der Waals surface area contributed by atoms with Crippen LogP contribution in [0.4, 0.5) is 0 Å². The Morgan fingerprint density at radius 1 is 0.966 bits per heavy atom. The number of nitrogens with zero attached hydrogens (tertiary/aromatic N) is 2. The fourth-order valence-corrected chi connectivity index (χ4v) is 3.43. The van der Waals surface area contributed by atoms with Crippen LogP contribution < -0.4 is 10.5 Å². The first-order valence-electron chi connectivity index (χ1n) is 9.68. The maximum absolute atomic E-state index is 12.6. The Hall–Kier alpha value is -1.79. The quantitative estimate of drug-likeness (QED) is 0.719. The Balaban J connectivity index is 0.00000210. The minimum atomic E-state index is -0.468. The highest BCUT2D eigenvalue weighted by Crippen LogP contribution is 2.15. The van der Waals surface area contributed by atoms with Gasteiger partial charge in [0.15, 0.2) is 0 Å². The van der Waals surface area contributed by atoms with Crippen LogP contribution in [0.15, 0.2) is 54.6 Å². The number of halogens is 2. The monoisotopic (exact) mass is 439 g/mol. The zero-order valence-electron chi connectivity index (χ0n) is 16.8. The van der Waals surface area contributed by atoms with Crippen LogP contribution in [-0.2, 0) is 17.8 Å². The number of carbonyl (C=O) groups is 1. The summed E-state index contributed by atoms with van der Waals surface area (Å²) in [7, 11) is 0. The molecule has 0 radical (unpaired) electrons. The van der Waals surface area contributed by atoms with Crippen molar-refractivity contribution in [2.45, 2.75) is 25.9 Å². The van der Waals surface area contributed by atoms with Crippen molar-refractivity contribution < 1.29 is 9.53 Å². The lowest BCUT2D eigenvalue weighted by Gasteiger charge is -2.36. The van der Waals surface area contributed by atoms with Crippen molar-refractivity contribution in [3.8, 4) is 5.75 Å². The third-order valence-corrected chi connectivity index (χ3v) is 4.94. The lowest BCUT2D eigenvalue weighted by Crippen LogP contribution is -2.53. The van der Waals surface area contributed by atoms with Crippen LogP contribution in [0.1, 0.15) is 18.1 Å². The predicted molar refractivity (Wildman–Crippen MR) is 122 cm³/mol. The van der Waals surface area contributed by atoms with Crippen LogP contribution in [0.2, 0.25) is 0 Å². The molecule has 0 aromatic heterocycles.